The van der Waals surface area contributed by atoms with Crippen molar-refractivity contribution in [2.24, 2.45) is 5.73 Å². The molecule has 2 N–H and O–H groups in total. The van der Waals surface area contributed by atoms with Crippen LogP contribution in [0.3, 0.4) is 0 Å². The topological polar surface area (TPSA) is 35.2 Å². The lowest BCUT2D eigenvalue weighted by atomic mass is 9.92. The summed E-state index contributed by atoms with van der Waals surface area (Å²) in [5.41, 5.74) is 7.66. The van der Waals surface area contributed by atoms with Crippen molar-refractivity contribution < 1.29 is 4.74 Å². The highest BCUT2D eigenvalue weighted by molar-refractivity contribution is 5.13. The van der Waals surface area contributed by atoms with Crippen LogP contribution in [0.25, 0.3) is 0 Å². The van der Waals surface area contributed by atoms with Gasteiger partial charge in [0.25, 0.3) is 0 Å². The number of nitrogens with two attached hydrogens (primary N) is 1. The quantitative estimate of drug-likeness (QED) is 0.725. The Morgan fingerprint density at radius 3 is 2.73 bits per heavy atom. The molecule has 1 aliphatic rings. The van der Waals surface area contributed by atoms with Crippen molar-refractivity contribution in [3.8, 4) is 0 Å². The second kappa shape index (κ2) is 7.02. The second-order valence-corrected chi connectivity index (χ2v) is 4.44. The molecule has 0 saturated carbocycles. The average Bonchev–Trinajstić information content (AvgIpc) is 2.18. The third-order valence-electron chi connectivity index (χ3n) is 3.36. The molecule has 0 amide bonds. The molecule has 0 aromatic rings. The molecule has 0 radical (unpaired) electrons. The van der Waals surface area contributed by atoms with Crippen LogP contribution in [0.1, 0.15) is 51.9 Å². The van der Waals surface area contributed by atoms with Gasteiger partial charge >= 0.3 is 0 Å². The number of hydrogen-bond donors (Lipinski definition) is 1. The maximum absolute atomic E-state index is 6.24. The highest BCUT2D eigenvalue weighted by atomic mass is 16.5. The standard InChI is InChI=1S/C13H25NO/c1-3-12(15-2)13(14)11-9-7-5-4-6-8-10-11/h9,12-13H,3-8,10,14H2,1-2H3. The molecule has 0 aromatic heterocycles. The predicted molar refractivity (Wildman–Crippen MR) is 64.8 cm³/mol. The Kier molecular flexibility index (Phi) is 5.96. The average molecular weight is 211 g/mol. The van der Waals surface area contributed by atoms with E-state index in [1.54, 1.807) is 7.11 Å². The van der Waals surface area contributed by atoms with Crippen molar-refractivity contribution in [3.05, 3.63) is 11.6 Å². The van der Waals surface area contributed by atoms with Gasteiger partial charge in [0.05, 0.1) is 12.1 Å². The van der Waals surface area contributed by atoms with E-state index in [4.69, 9.17) is 10.5 Å². The fraction of sp³-hybridized carbons (Fsp3) is 0.846. The van der Waals surface area contributed by atoms with E-state index in [2.05, 4.69) is 13.0 Å². The van der Waals surface area contributed by atoms with Crippen LogP contribution in [-0.2, 0) is 4.74 Å². The molecule has 0 heterocycles. The number of allylic oxidation sites excluding steroid dienone is 1. The van der Waals surface area contributed by atoms with Crippen LogP contribution in [0, 0.1) is 0 Å². The minimum Gasteiger partial charge on any atom is -0.380 e. The van der Waals surface area contributed by atoms with Gasteiger partial charge in [0.15, 0.2) is 0 Å². The number of hydrogen-bond acceptors (Lipinski definition) is 2. The summed E-state index contributed by atoms with van der Waals surface area (Å²) in [7, 11) is 1.76. The summed E-state index contributed by atoms with van der Waals surface area (Å²) in [6.45, 7) is 2.14. The molecule has 15 heavy (non-hydrogen) atoms. The van der Waals surface area contributed by atoms with E-state index in [-0.39, 0.29) is 12.1 Å². The SMILES string of the molecule is CCC(OC)C(N)C1=CCCCCCC1. The Morgan fingerprint density at radius 2 is 2.07 bits per heavy atom. The molecular weight excluding hydrogens is 186 g/mol. The van der Waals surface area contributed by atoms with Gasteiger partial charge in [-0.15, -0.1) is 0 Å². The fourth-order valence-corrected chi connectivity index (χ4v) is 2.33. The lowest BCUT2D eigenvalue weighted by Gasteiger charge is -2.25. The van der Waals surface area contributed by atoms with Crippen LogP contribution in [0.4, 0.5) is 0 Å². The lowest BCUT2D eigenvalue weighted by molar-refractivity contribution is 0.0853. The normalized spacial score (nSPS) is 22.5. The first kappa shape index (κ1) is 12.7. The molecule has 2 heteroatoms. The number of methoxy groups -OCH3 is 1. The molecule has 0 aromatic carbocycles. The molecule has 2 nitrogen and oxygen atoms in total. The molecule has 0 bridgehead atoms. The highest BCUT2D eigenvalue weighted by Gasteiger charge is 2.19. The van der Waals surface area contributed by atoms with Crippen LogP contribution in [0.5, 0.6) is 0 Å². The number of rotatable bonds is 4. The van der Waals surface area contributed by atoms with E-state index in [0.717, 1.165) is 6.42 Å². The molecule has 1 aliphatic carbocycles. The van der Waals surface area contributed by atoms with Crippen molar-refractivity contribution in [2.75, 3.05) is 7.11 Å². The predicted octanol–water partition coefficient (Wildman–Crippen LogP) is 3.02. The third-order valence-corrected chi connectivity index (χ3v) is 3.36. The van der Waals surface area contributed by atoms with Gasteiger partial charge in [-0.2, -0.15) is 0 Å². The van der Waals surface area contributed by atoms with Gasteiger partial charge in [-0.3, -0.25) is 0 Å². The molecule has 88 valence electrons. The first-order chi connectivity index (χ1) is 7.29. The maximum atomic E-state index is 6.24. The Hall–Kier alpha value is -0.340. The Bertz CT molecular complexity index is 197. The van der Waals surface area contributed by atoms with Gasteiger partial charge in [0.1, 0.15) is 0 Å². The third kappa shape index (κ3) is 3.96. The van der Waals surface area contributed by atoms with E-state index >= 15 is 0 Å². The van der Waals surface area contributed by atoms with Crippen molar-refractivity contribution in [3.63, 3.8) is 0 Å². The maximum Gasteiger partial charge on any atom is 0.0757 e. The molecule has 2 unspecified atom stereocenters. The lowest BCUT2D eigenvalue weighted by Crippen LogP contribution is -2.37. The minimum atomic E-state index is 0.109. The Labute approximate surface area is 93.9 Å². The summed E-state index contributed by atoms with van der Waals surface area (Å²) >= 11 is 0. The summed E-state index contributed by atoms with van der Waals surface area (Å²) in [5, 5.41) is 0. The zero-order valence-corrected chi connectivity index (χ0v) is 10.2. The largest absolute Gasteiger partial charge is 0.380 e. The molecule has 0 saturated heterocycles. The van der Waals surface area contributed by atoms with Gasteiger partial charge in [0.2, 0.25) is 0 Å². The van der Waals surface area contributed by atoms with Crippen LogP contribution in [0.15, 0.2) is 11.6 Å². The molecular formula is C13H25NO. The Balaban J connectivity index is 2.57. The van der Waals surface area contributed by atoms with Crippen LogP contribution in [0.2, 0.25) is 0 Å². The van der Waals surface area contributed by atoms with E-state index in [1.807, 2.05) is 0 Å². The van der Waals surface area contributed by atoms with Gasteiger partial charge in [-0.1, -0.05) is 31.4 Å². The minimum absolute atomic E-state index is 0.109. The molecule has 1 rings (SSSR count). The smallest absolute Gasteiger partial charge is 0.0757 e. The second-order valence-electron chi connectivity index (χ2n) is 4.44. The molecule has 0 aliphatic heterocycles. The molecule has 0 spiro atoms. The van der Waals surface area contributed by atoms with Crippen molar-refractivity contribution in [2.45, 2.75) is 64.0 Å². The summed E-state index contributed by atoms with van der Waals surface area (Å²) in [4.78, 5) is 0. The van der Waals surface area contributed by atoms with Gasteiger partial charge < -0.3 is 10.5 Å². The molecule has 2 atom stereocenters. The summed E-state index contributed by atoms with van der Waals surface area (Å²) < 4.78 is 5.42. The summed E-state index contributed by atoms with van der Waals surface area (Å²) in [5.74, 6) is 0. The van der Waals surface area contributed by atoms with Crippen molar-refractivity contribution in [1.29, 1.82) is 0 Å². The van der Waals surface area contributed by atoms with E-state index in [0.29, 0.717) is 0 Å². The zero-order valence-electron chi connectivity index (χ0n) is 10.2. The van der Waals surface area contributed by atoms with Crippen LogP contribution >= 0.6 is 0 Å². The molecule has 0 fully saturated rings. The highest BCUT2D eigenvalue weighted by Crippen LogP contribution is 2.21. The van der Waals surface area contributed by atoms with Gasteiger partial charge in [-0.05, 0) is 32.1 Å². The van der Waals surface area contributed by atoms with E-state index < -0.39 is 0 Å². The van der Waals surface area contributed by atoms with E-state index in [1.165, 1.54) is 44.1 Å². The Morgan fingerprint density at radius 1 is 1.33 bits per heavy atom. The van der Waals surface area contributed by atoms with E-state index in [9.17, 15) is 0 Å². The van der Waals surface area contributed by atoms with Gasteiger partial charge in [-0.25, -0.2) is 0 Å². The van der Waals surface area contributed by atoms with Gasteiger partial charge in [0, 0.05) is 7.11 Å². The van der Waals surface area contributed by atoms with Crippen LogP contribution in [-0.4, -0.2) is 19.3 Å². The zero-order chi connectivity index (χ0) is 11.1. The monoisotopic (exact) mass is 211 g/mol. The number of ether oxygens (including phenoxy) is 1. The van der Waals surface area contributed by atoms with Crippen molar-refractivity contribution in [1.82, 2.24) is 0 Å². The first-order valence-corrected chi connectivity index (χ1v) is 6.27. The fourth-order valence-electron chi connectivity index (χ4n) is 2.33. The van der Waals surface area contributed by atoms with Crippen LogP contribution < -0.4 is 5.73 Å². The van der Waals surface area contributed by atoms with Crippen molar-refractivity contribution >= 4 is 0 Å². The summed E-state index contributed by atoms with van der Waals surface area (Å²) in [6, 6.07) is 0.109. The summed E-state index contributed by atoms with van der Waals surface area (Å²) in [6.07, 6.45) is 11.2. The first-order valence-electron chi connectivity index (χ1n) is 6.27.